The Hall–Kier alpha value is -2.55. The van der Waals surface area contributed by atoms with E-state index in [2.05, 4.69) is 4.72 Å². The molecule has 0 aliphatic carbocycles. The maximum atomic E-state index is 12.6. The summed E-state index contributed by atoms with van der Waals surface area (Å²) in [4.78, 5) is 10.0. The fraction of sp³-hybridized carbons (Fsp3) is 0.0714. The average Bonchev–Trinajstić information content (AvgIpc) is 2.46. The Balaban J connectivity index is 2.30. The van der Waals surface area contributed by atoms with E-state index in [0.29, 0.717) is 6.07 Å². The molecule has 0 aliphatic heterocycles. The molecular formula is C14H9F3NO4S-. The van der Waals surface area contributed by atoms with Crippen molar-refractivity contribution in [3.05, 3.63) is 59.7 Å². The highest BCUT2D eigenvalue weighted by Gasteiger charge is 2.31. The van der Waals surface area contributed by atoms with Crippen molar-refractivity contribution in [1.29, 1.82) is 0 Å². The fourth-order valence-corrected chi connectivity index (χ4v) is 2.83. The van der Waals surface area contributed by atoms with Gasteiger partial charge in [-0.3, -0.25) is 4.72 Å². The van der Waals surface area contributed by atoms with Gasteiger partial charge in [-0.1, -0.05) is 18.2 Å². The number of carbonyl (C=O) groups excluding carboxylic acids is 1. The number of rotatable bonds is 4. The molecule has 0 atom stereocenters. The van der Waals surface area contributed by atoms with Crippen LogP contribution in [0.5, 0.6) is 0 Å². The highest BCUT2D eigenvalue weighted by Crippen LogP contribution is 2.30. The van der Waals surface area contributed by atoms with Crippen LogP contribution in [0.3, 0.4) is 0 Å². The van der Waals surface area contributed by atoms with E-state index in [1.807, 2.05) is 0 Å². The van der Waals surface area contributed by atoms with Crippen molar-refractivity contribution in [2.75, 3.05) is 4.72 Å². The molecule has 0 aromatic heterocycles. The zero-order chi connectivity index (χ0) is 17.3. The van der Waals surface area contributed by atoms with Gasteiger partial charge in [0.15, 0.2) is 0 Å². The number of sulfonamides is 1. The number of benzene rings is 2. The van der Waals surface area contributed by atoms with E-state index in [0.717, 1.165) is 42.5 Å². The van der Waals surface area contributed by atoms with E-state index >= 15 is 0 Å². The van der Waals surface area contributed by atoms with E-state index in [-0.39, 0.29) is 11.3 Å². The smallest absolute Gasteiger partial charge is 0.416 e. The molecule has 5 nitrogen and oxygen atoms in total. The molecule has 0 spiro atoms. The molecule has 0 saturated heterocycles. The number of hydrogen-bond acceptors (Lipinski definition) is 4. The lowest BCUT2D eigenvalue weighted by atomic mass is 10.2. The van der Waals surface area contributed by atoms with E-state index in [9.17, 15) is 31.5 Å². The first kappa shape index (κ1) is 16.8. The molecule has 2 aromatic rings. The van der Waals surface area contributed by atoms with Crippen molar-refractivity contribution < 1.29 is 31.5 Å². The topological polar surface area (TPSA) is 86.3 Å². The second-order valence-electron chi connectivity index (χ2n) is 4.50. The Kier molecular flexibility index (Phi) is 4.33. The van der Waals surface area contributed by atoms with Gasteiger partial charge < -0.3 is 9.90 Å². The van der Waals surface area contributed by atoms with Crippen LogP contribution in [0, 0.1) is 0 Å². The molecule has 0 radical (unpaired) electrons. The maximum absolute atomic E-state index is 12.6. The first-order chi connectivity index (χ1) is 10.6. The molecular weight excluding hydrogens is 335 g/mol. The van der Waals surface area contributed by atoms with Gasteiger partial charge in [0.2, 0.25) is 0 Å². The summed E-state index contributed by atoms with van der Waals surface area (Å²) in [6.45, 7) is 0. The van der Waals surface area contributed by atoms with Crippen molar-refractivity contribution >= 4 is 21.7 Å². The van der Waals surface area contributed by atoms with Gasteiger partial charge in [0.25, 0.3) is 10.0 Å². The first-order valence-corrected chi connectivity index (χ1v) is 7.59. The minimum atomic E-state index is -4.67. The minimum Gasteiger partial charge on any atom is -0.545 e. The van der Waals surface area contributed by atoms with Crippen LogP contribution in [0.2, 0.25) is 0 Å². The summed E-state index contributed by atoms with van der Waals surface area (Å²) in [5, 5.41) is 10.6. The molecule has 0 heterocycles. The number of carboxylic acids is 1. The summed E-state index contributed by atoms with van der Waals surface area (Å²) in [7, 11) is -4.24. The predicted molar refractivity (Wildman–Crippen MR) is 73.0 cm³/mol. The van der Waals surface area contributed by atoms with Gasteiger partial charge >= 0.3 is 6.18 Å². The van der Waals surface area contributed by atoms with Crippen LogP contribution < -0.4 is 9.83 Å². The SMILES string of the molecule is O=C([O-])c1ccc(NS(=O)(=O)c2cccc(C(F)(F)F)c2)cc1. The Labute approximate surface area is 129 Å². The van der Waals surface area contributed by atoms with Gasteiger partial charge in [-0.05, 0) is 35.9 Å². The molecule has 0 fully saturated rings. The third-order valence-corrected chi connectivity index (χ3v) is 4.22. The molecule has 0 saturated carbocycles. The van der Waals surface area contributed by atoms with Crippen LogP contribution in [-0.4, -0.2) is 14.4 Å². The van der Waals surface area contributed by atoms with Crippen LogP contribution >= 0.6 is 0 Å². The number of halogens is 3. The molecule has 2 rings (SSSR count). The lowest BCUT2D eigenvalue weighted by Gasteiger charge is -2.11. The predicted octanol–water partition coefficient (Wildman–Crippen LogP) is 1.87. The molecule has 1 N–H and O–H groups in total. The van der Waals surface area contributed by atoms with Crippen LogP contribution in [-0.2, 0) is 16.2 Å². The Morgan fingerprint density at radius 1 is 1.04 bits per heavy atom. The number of carboxylic acid groups (broad SMARTS) is 1. The molecule has 0 amide bonds. The number of alkyl halides is 3. The number of aromatic carboxylic acids is 1. The van der Waals surface area contributed by atoms with Gasteiger partial charge in [-0.2, -0.15) is 13.2 Å². The van der Waals surface area contributed by atoms with E-state index in [4.69, 9.17) is 0 Å². The fourth-order valence-electron chi connectivity index (χ4n) is 1.73. The lowest BCUT2D eigenvalue weighted by molar-refractivity contribution is -0.255. The second kappa shape index (κ2) is 5.92. The number of carbonyl (C=O) groups is 1. The molecule has 122 valence electrons. The quantitative estimate of drug-likeness (QED) is 0.917. The summed E-state index contributed by atoms with van der Waals surface area (Å²) >= 11 is 0. The summed E-state index contributed by atoms with van der Waals surface area (Å²) in [6, 6.07) is 7.82. The molecule has 0 bridgehead atoms. The number of hydrogen-bond donors (Lipinski definition) is 1. The average molecular weight is 344 g/mol. The van der Waals surface area contributed by atoms with E-state index in [1.165, 1.54) is 0 Å². The summed E-state index contributed by atoms with van der Waals surface area (Å²) in [5.74, 6) is -1.43. The molecule has 0 unspecified atom stereocenters. The maximum Gasteiger partial charge on any atom is 0.416 e. The van der Waals surface area contributed by atoms with Gasteiger partial charge in [0, 0.05) is 5.69 Å². The second-order valence-corrected chi connectivity index (χ2v) is 6.18. The van der Waals surface area contributed by atoms with Crippen molar-refractivity contribution in [2.45, 2.75) is 11.1 Å². The van der Waals surface area contributed by atoms with Gasteiger partial charge in [0.05, 0.1) is 16.4 Å². The van der Waals surface area contributed by atoms with Crippen molar-refractivity contribution in [2.24, 2.45) is 0 Å². The van der Waals surface area contributed by atoms with Gasteiger partial charge in [-0.15, -0.1) is 0 Å². The number of anilines is 1. The molecule has 23 heavy (non-hydrogen) atoms. The summed E-state index contributed by atoms with van der Waals surface area (Å²) in [6.07, 6.45) is -4.67. The Morgan fingerprint density at radius 3 is 2.17 bits per heavy atom. The highest BCUT2D eigenvalue weighted by molar-refractivity contribution is 7.92. The van der Waals surface area contributed by atoms with Crippen molar-refractivity contribution in [1.82, 2.24) is 0 Å². The molecule has 0 aliphatic rings. The molecule has 9 heteroatoms. The van der Waals surface area contributed by atoms with E-state index < -0.39 is 32.6 Å². The van der Waals surface area contributed by atoms with Crippen LogP contribution in [0.1, 0.15) is 15.9 Å². The summed E-state index contributed by atoms with van der Waals surface area (Å²) < 4.78 is 64.1. The monoisotopic (exact) mass is 344 g/mol. The standard InChI is InChI=1S/C14H10F3NO4S/c15-14(16,17)10-2-1-3-12(8-10)23(21,22)18-11-6-4-9(5-7-11)13(19)20/h1-8,18H,(H,19,20)/p-1. The van der Waals surface area contributed by atoms with Crippen molar-refractivity contribution in [3.8, 4) is 0 Å². The Bertz CT molecular complexity index is 830. The molecule has 2 aromatic carbocycles. The highest BCUT2D eigenvalue weighted by atomic mass is 32.2. The zero-order valence-electron chi connectivity index (χ0n) is 11.3. The first-order valence-electron chi connectivity index (χ1n) is 6.11. The van der Waals surface area contributed by atoms with E-state index in [1.54, 1.807) is 0 Å². The minimum absolute atomic E-state index is 0.00686. The number of nitrogens with one attached hydrogen (secondary N) is 1. The lowest BCUT2D eigenvalue weighted by Crippen LogP contribution is -2.22. The largest absolute Gasteiger partial charge is 0.545 e. The Morgan fingerprint density at radius 2 is 1.65 bits per heavy atom. The van der Waals surface area contributed by atoms with Gasteiger partial charge in [-0.25, -0.2) is 8.42 Å². The normalized spacial score (nSPS) is 12.0. The summed E-state index contributed by atoms with van der Waals surface area (Å²) in [5.41, 5.74) is -1.24. The van der Waals surface area contributed by atoms with Crippen LogP contribution in [0.4, 0.5) is 18.9 Å². The zero-order valence-corrected chi connectivity index (χ0v) is 12.1. The van der Waals surface area contributed by atoms with Crippen LogP contribution in [0.15, 0.2) is 53.4 Å². The van der Waals surface area contributed by atoms with Crippen molar-refractivity contribution in [3.63, 3.8) is 0 Å². The third-order valence-electron chi connectivity index (χ3n) is 2.84. The third kappa shape index (κ3) is 4.01. The van der Waals surface area contributed by atoms with Crippen LogP contribution in [0.25, 0.3) is 0 Å². The van der Waals surface area contributed by atoms with Gasteiger partial charge in [0.1, 0.15) is 0 Å².